The molecular formula is C13H15N3O2. The van der Waals surface area contributed by atoms with Crippen LogP contribution in [0, 0.1) is 0 Å². The molecule has 0 aliphatic rings. The van der Waals surface area contributed by atoms with Crippen LogP contribution in [0.25, 0.3) is 0 Å². The average molecular weight is 245 g/mol. The van der Waals surface area contributed by atoms with E-state index in [2.05, 4.69) is 10.3 Å². The molecule has 0 aromatic carbocycles. The first-order valence-electron chi connectivity index (χ1n) is 5.62. The third-order valence-electron chi connectivity index (χ3n) is 2.43. The Balaban J connectivity index is 2.02. The molecule has 0 saturated carbocycles. The van der Waals surface area contributed by atoms with Crippen molar-refractivity contribution in [3.8, 4) is 0 Å². The number of anilines is 1. The highest BCUT2D eigenvalue weighted by atomic mass is 16.3. The summed E-state index contributed by atoms with van der Waals surface area (Å²) in [4.78, 5) is 18.0. The molecule has 0 fully saturated rings. The molecule has 5 heteroatoms. The summed E-state index contributed by atoms with van der Waals surface area (Å²) in [7, 11) is 3.76. The number of pyridine rings is 1. The summed E-state index contributed by atoms with van der Waals surface area (Å²) < 4.78 is 5.14. The topological polar surface area (TPSA) is 58.4 Å². The van der Waals surface area contributed by atoms with Crippen molar-refractivity contribution < 1.29 is 9.21 Å². The molecule has 0 aliphatic heterocycles. The van der Waals surface area contributed by atoms with Crippen LogP contribution in [0.5, 0.6) is 0 Å². The van der Waals surface area contributed by atoms with E-state index in [4.69, 9.17) is 4.42 Å². The van der Waals surface area contributed by atoms with Gasteiger partial charge in [-0.2, -0.15) is 0 Å². The van der Waals surface area contributed by atoms with Crippen LogP contribution in [-0.4, -0.2) is 25.0 Å². The molecule has 0 aliphatic carbocycles. The molecule has 2 aromatic heterocycles. The predicted molar refractivity (Wildman–Crippen MR) is 68.4 cm³/mol. The molecule has 5 nitrogen and oxygen atoms in total. The van der Waals surface area contributed by atoms with Crippen LogP contribution in [0.15, 0.2) is 41.0 Å². The summed E-state index contributed by atoms with van der Waals surface area (Å²) >= 11 is 0. The fourth-order valence-corrected chi connectivity index (χ4v) is 1.47. The smallest absolute Gasteiger partial charge is 0.270 e. The maximum atomic E-state index is 11.9. The van der Waals surface area contributed by atoms with Crippen LogP contribution < -0.4 is 10.2 Å². The quantitative estimate of drug-likeness (QED) is 0.890. The van der Waals surface area contributed by atoms with E-state index in [9.17, 15) is 4.79 Å². The number of carbonyl (C=O) groups is 1. The summed E-state index contributed by atoms with van der Waals surface area (Å²) in [5, 5.41) is 2.75. The fourth-order valence-electron chi connectivity index (χ4n) is 1.47. The molecule has 0 spiro atoms. The highest BCUT2D eigenvalue weighted by Crippen LogP contribution is 2.08. The van der Waals surface area contributed by atoms with Crippen molar-refractivity contribution in [3.63, 3.8) is 0 Å². The van der Waals surface area contributed by atoms with E-state index < -0.39 is 0 Å². The van der Waals surface area contributed by atoms with E-state index in [1.54, 1.807) is 18.4 Å². The van der Waals surface area contributed by atoms with Crippen molar-refractivity contribution >= 4 is 11.7 Å². The van der Waals surface area contributed by atoms with Gasteiger partial charge in [0.1, 0.15) is 17.3 Å². The van der Waals surface area contributed by atoms with Gasteiger partial charge in [0, 0.05) is 14.1 Å². The zero-order valence-corrected chi connectivity index (χ0v) is 10.4. The van der Waals surface area contributed by atoms with Gasteiger partial charge in [0.05, 0.1) is 12.8 Å². The molecule has 1 N–H and O–H groups in total. The normalized spacial score (nSPS) is 10.1. The molecule has 18 heavy (non-hydrogen) atoms. The molecule has 2 rings (SSSR count). The maximum absolute atomic E-state index is 11.9. The average Bonchev–Trinajstić information content (AvgIpc) is 2.89. The van der Waals surface area contributed by atoms with Crippen LogP contribution in [-0.2, 0) is 6.54 Å². The summed E-state index contributed by atoms with van der Waals surface area (Å²) in [5.74, 6) is 1.25. The third kappa shape index (κ3) is 2.88. The lowest BCUT2D eigenvalue weighted by Gasteiger charge is -2.11. The van der Waals surface area contributed by atoms with Crippen molar-refractivity contribution in [2.24, 2.45) is 0 Å². The first-order chi connectivity index (χ1) is 8.66. The molecule has 0 atom stereocenters. The van der Waals surface area contributed by atoms with Gasteiger partial charge in [-0.15, -0.1) is 0 Å². The van der Waals surface area contributed by atoms with Crippen LogP contribution >= 0.6 is 0 Å². The monoisotopic (exact) mass is 245 g/mol. The Hall–Kier alpha value is -2.30. The Morgan fingerprint density at radius 3 is 2.83 bits per heavy atom. The van der Waals surface area contributed by atoms with E-state index in [1.807, 2.05) is 37.2 Å². The highest BCUT2D eigenvalue weighted by molar-refractivity contribution is 5.92. The van der Waals surface area contributed by atoms with Gasteiger partial charge < -0.3 is 14.6 Å². The largest absolute Gasteiger partial charge is 0.467 e. The van der Waals surface area contributed by atoms with Gasteiger partial charge in [0.2, 0.25) is 0 Å². The first-order valence-corrected chi connectivity index (χ1v) is 5.62. The molecule has 1 amide bonds. The lowest BCUT2D eigenvalue weighted by Crippen LogP contribution is -2.24. The maximum Gasteiger partial charge on any atom is 0.270 e. The SMILES string of the molecule is CN(C)c1cccc(C(=O)NCc2ccco2)n1. The van der Waals surface area contributed by atoms with Gasteiger partial charge >= 0.3 is 0 Å². The van der Waals surface area contributed by atoms with Crippen LogP contribution in [0.1, 0.15) is 16.2 Å². The second kappa shape index (κ2) is 5.35. The Kier molecular flexibility index (Phi) is 3.62. The Morgan fingerprint density at radius 1 is 1.33 bits per heavy atom. The van der Waals surface area contributed by atoms with Gasteiger partial charge in [-0.25, -0.2) is 4.98 Å². The predicted octanol–water partition coefficient (Wildman–Crippen LogP) is 1.67. The van der Waals surface area contributed by atoms with Gasteiger partial charge in [0.15, 0.2) is 0 Å². The number of nitrogens with zero attached hydrogens (tertiary/aromatic N) is 2. The van der Waals surface area contributed by atoms with Crippen molar-refractivity contribution in [2.45, 2.75) is 6.54 Å². The highest BCUT2D eigenvalue weighted by Gasteiger charge is 2.08. The number of carbonyl (C=O) groups excluding carboxylic acids is 1. The van der Waals surface area contributed by atoms with Crippen LogP contribution in [0.2, 0.25) is 0 Å². The summed E-state index contributed by atoms with van der Waals surface area (Å²) in [6, 6.07) is 8.94. The molecule has 0 saturated heterocycles. The Morgan fingerprint density at radius 2 is 2.17 bits per heavy atom. The van der Waals surface area contributed by atoms with E-state index in [0.717, 1.165) is 5.82 Å². The minimum absolute atomic E-state index is 0.213. The van der Waals surface area contributed by atoms with Gasteiger partial charge in [-0.1, -0.05) is 6.07 Å². The first kappa shape index (κ1) is 12.2. The van der Waals surface area contributed by atoms with Gasteiger partial charge in [0.25, 0.3) is 5.91 Å². The zero-order valence-electron chi connectivity index (χ0n) is 10.4. The van der Waals surface area contributed by atoms with Gasteiger partial charge in [-0.3, -0.25) is 4.79 Å². The lowest BCUT2D eigenvalue weighted by molar-refractivity contribution is 0.0943. The number of nitrogens with one attached hydrogen (secondary N) is 1. The van der Waals surface area contributed by atoms with Crippen molar-refractivity contribution in [1.29, 1.82) is 0 Å². The minimum Gasteiger partial charge on any atom is -0.467 e. The van der Waals surface area contributed by atoms with Crippen molar-refractivity contribution in [2.75, 3.05) is 19.0 Å². The van der Waals surface area contributed by atoms with Crippen molar-refractivity contribution in [3.05, 3.63) is 48.0 Å². The summed E-state index contributed by atoms with van der Waals surface area (Å²) in [5.41, 5.74) is 0.396. The molecule has 0 bridgehead atoms. The third-order valence-corrected chi connectivity index (χ3v) is 2.43. The zero-order chi connectivity index (χ0) is 13.0. The molecule has 0 unspecified atom stereocenters. The summed E-state index contributed by atoms with van der Waals surface area (Å²) in [6.45, 7) is 0.361. The Bertz CT molecular complexity index is 521. The van der Waals surface area contributed by atoms with E-state index in [-0.39, 0.29) is 5.91 Å². The lowest BCUT2D eigenvalue weighted by atomic mass is 10.3. The number of furan rings is 1. The van der Waals surface area contributed by atoms with Crippen molar-refractivity contribution in [1.82, 2.24) is 10.3 Å². The molecular weight excluding hydrogens is 230 g/mol. The number of rotatable bonds is 4. The molecule has 2 aromatic rings. The number of hydrogen-bond acceptors (Lipinski definition) is 4. The van der Waals surface area contributed by atoms with E-state index in [0.29, 0.717) is 18.0 Å². The number of hydrogen-bond donors (Lipinski definition) is 1. The minimum atomic E-state index is -0.213. The molecule has 2 heterocycles. The number of aromatic nitrogens is 1. The second-order valence-electron chi connectivity index (χ2n) is 4.04. The van der Waals surface area contributed by atoms with E-state index in [1.165, 1.54) is 0 Å². The molecule has 94 valence electrons. The van der Waals surface area contributed by atoms with Crippen LogP contribution in [0.4, 0.5) is 5.82 Å². The Labute approximate surface area is 105 Å². The van der Waals surface area contributed by atoms with E-state index >= 15 is 0 Å². The summed E-state index contributed by atoms with van der Waals surface area (Å²) in [6.07, 6.45) is 1.58. The molecule has 0 radical (unpaired) electrons. The fraction of sp³-hybridized carbons (Fsp3) is 0.231. The van der Waals surface area contributed by atoms with Gasteiger partial charge in [-0.05, 0) is 24.3 Å². The second-order valence-corrected chi connectivity index (χ2v) is 4.04. The van der Waals surface area contributed by atoms with Crippen LogP contribution in [0.3, 0.4) is 0 Å². The number of amides is 1. The standard InChI is InChI=1S/C13H15N3O2/c1-16(2)12-7-3-6-11(15-12)13(17)14-9-10-5-4-8-18-10/h3-8H,9H2,1-2H3,(H,14,17).